The third-order valence-corrected chi connectivity index (χ3v) is 3.34. The van der Waals surface area contributed by atoms with Crippen molar-refractivity contribution in [3.63, 3.8) is 0 Å². The lowest BCUT2D eigenvalue weighted by Crippen LogP contribution is -2.34. The second kappa shape index (κ2) is 7.46. The summed E-state index contributed by atoms with van der Waals surface area (Å²) in [7, 11) is 4.09. The third kappa shape index (κ3) is 4.80. The zero-order valence-electron chi connectivity index (χ0n) is 12.4. The fourth-order valence-corrected chi connectivity index (χ4v) is 2.18. The molecule has 0 aromatic heterocycles. The predicted octanol–water partition coefficient (Wildman–Crippen LogP) is 2.87. The van der Waals surface area contributed by atoms with E-state index in [0.717, 1.165) is 31.6 Å². The van der Waals surface area contributed by atoms with Crippen molar-refractivity contribution in [3.05, 3.63) is 29.6 Å². The van der Waals surface area contributed by atoms with Crippen LogP contribution in [0.1, 0.15) is 31.9 Å². The van der Waals surface area contributed by atoms with Crippen LogP contribution < -0.4 is 0 Å². The Morgan fingerprint density at radius 1 is 1.21 bits per heavy atom. The first-order valence-corrected chi connectivity index (χ1v) is 6.83. The first-order valence-electron chi connectivity index (χ1n) is 6.83. The van der Waals surface area contributed by atoms with Crippen molar-refractivity contribution in [1.82, 2.24) is 9.80 Å². The Balaban J connectivity index is 2.82. The molecule has 1 rings (SSSR count). The summed E-state index contributed by atoms with van der Waals surface area (Å²) in [6.45, 7) is 7.05. The summed E-state index contributed by atoms with van der Waals surface area (Å²) >= 11 is 0. The Morgan fingerprint density at radius 2 is 1.89 bits per heavy atom. The SMILES string of the molecule is CCCN(CCN(C)C)C(C)c1ccc(F)cc1O. The van der Waals surface area contributed by atoms with Gasteiger partial charge in [0.05, 0.1) is 0 Å². The molecule has 4 heteroatoms. The van der Waals surface area contributed by atoms with Crippen molar-refractivity contribution >= 4 is 0 Å². The van der Waals surface area contributed by atoms with Gasteiger partial charge in [-0.15, -0.1) is 0 Å². The highest BCUT2D eigenvalue weighted by molar-refractivity contribution is 5.34. The number of aromatic hydroxyl groups is 1. The van der Waals surface area contributed by atoms with E-state index in [9.17, 15) is 9.50 Å². The van der Waals surface area contributed by atoms with Crippen LogP contribution in [0.2, 0.25) is 0 Å². The number of benzene rings is 1. The maximum atomic E-state index is 13.0. The molecule has 3 nitrogen and oxygen atoms in total. The normalized spacial score (nSPS) is 13.2. The fraction of sp³-hybridized carbons (Fsp3) is 0.600. The van der Waals surface area contributed by atoms with Crippen LogP contribution in [-0.4, -0.2) is 48.6 Å². The second-order valence-corrected chi connectivity index (χ2v) is 5.22. The molecule has 1 atom stereocenters. The standard InChI is InChI=1S/C15H25FN2O/c1-5-8-18(10-9-17(3)4)12(2)14-7-6-13(16)11-15(14)19/h6-7,11-12,19H,5,8-10H2,1-4H3. The van der Waals surface area contributed by atoms with Crippen molar-refractivity contribution in [2.75, 3.05) is 33.7 Å². The van der Waals surface area contributed by atoms with E-state index in [0.29, 0.717) is 0 Å². The summed E-state index contributed by atoms with van der Waals surface area (Å²) < 4.78 is 13.0. The highest BCUT2D eigenvalue weighted by Gasteiger charge is 2.18. The molecule has 0 fully saturated rings. The van der Waals surface area contributed by atoms with E-state index in [2.05, 4.69) is 23.6 Å². The van der Waals surface area contributed by atoms with Crippen LogP contribution in [0.3, 0.4) is 0 Å². The number of hydrogen-bond donors (Lipinski definition) is 1. The van der Waals surface area contributed by atoms with Crippen LogP contribution in [0.15, 0.2) is 18.2 Å². The van der Waals surface area contributed by atoms with Gasteiger partial charge in [0, 0.05) is 30.8 Å². The minimum absolute atomic E-state index is 0.0402. The van der Waals surface area contributed by atoms with Crippen LogP contribution in [-0.2, 0) is 0 Å². The average molecular weight is 268 g/mol. The summed E-state index contributed by atoms with van der Waals surface area (Å²) in [4.78, 5) is 4.45. The molecule has 0 amide bonds. The minimum Gasteiger partial charge on any atom is -0.508 e. The number of phenols is 1. The summed E-state index contributed by atoms with van der Waals surface area (Å²) in [5.74, 6) is -0.359. The molecule has 0 radical (unpaired) electrons. The van der Waals surface area contributed by atoms with Gasteiger partial charge in [0.15, 0.2) is 0 Å². The Hall–Kier alpha value is -1.13. The molecule has 0 heterocycles. The highest BCUT2D eigenvalue weighted by atomic mass is 19.1. The van der Waals surface area contributed by atoms with Crippen LogP contribution in [0.25, 0.3) is 0 Å². The smallest absolute Gasteiger partial charge is 0.126 e. The van der Waals surface area contributed by atoms with Crippen molar-refractivity contribution in [3.8, 4) is 5.75 Å². The van der Waals surface area contributed by atoms with Gasteiger partial charge in [0.1, 0.15) is 11.6 Å². The molecule has 1 N–H and O–H groups in total. The van der Waals surface area contributed by atoms with E-state index < -0.39 is 5.82 Å². The number of phenolic OH excluding ortho intramolecular Hbond substituents is 1. The van der Waals surface area contributed by atoms with Crippen LogP contribution >= 0.6 is 0 Å². The molecule has 19 heavy (non-hydrogen) atoms. The number of halogens is 1. The third-order valence-electron chi connectivity index (χ3n) is 3.34. The molecule has 0 saturated carbocycles. The zero-order chi connectivity index (χ0) is 14.4. The molecule has 1 aromatic carbocycles. The van der Waals surface area contributed by atoms with E-state index in [1.165, 1.54) is 12.1 Å². The summed E-state index contributed by atoms with van der Waals surface area (Å²) in [6, 6.07) is 4.34. The Labute approximate surface area is 115 Å². The monoisotopic (exact) mass is 268 g/mol. The van der Waals surface area contributed by atoms with Gasteiger partial charge in [-0.1, -0.05) is 13.0 Å². The van der Waals surface area contributed by atoms with Crippen LogP contribution in [0.5, 0.6) is 5.75 Å². The molecule has 0 aliphatic carbocycles. The molecule has 108 valence electrons. The van der Waals surface area contributed by atoms with Crippen molar-refractivity contribution < 1.29 is 9.50 Å². The van der Waals surface area contributed by atoms with E-state index >= 15 is 0 Å². The molecule has 0 aliphatic heterocycles. The quantitative estimate of drug-likeness (QED) is 0.823. The maximum absolute atomic E-state index is 13.0. The van der Waals surface area contributed by atoms with Gasteiger partial charge in [-0.3, -0.25) is 4.90 Å². The van der Waals surface area contributed by atoms with Gasteiger partial charge in [-0.25, -0.2) is 4.39 Å². The summed E-state index contributed by atoms with van der Waals surface area (Å²) in [5.41, 5.74) is 0.786. The van der Waals surface area contributed by atoms with Crippen LogP contribution in [0, 0.1) is 5.82 Å². The number of nitrogens with zero attached hydrogens (tertiary/aromatic N) is 2. The van der Waals surface area contributed by atoms with Gasteiger partial charge >= 0.3 is 0 Å². The summed E-state index contributed by atoms with van der Waals surface area (Å²) in [5, 5.41) is 9.88. The second-order valence-electron chi connectivity index (χ2n) is 5.22. The van der Waals surface area contributed by atoms with E-state index in [-0.39, 0.29) is 11.8 Å². The first kappa shape index (κ1) is 15.9. The highest BCUT2D eigenvalue weighted by Crippen LogP contribution is 2.28. The zero-order valence-corrected chi connectivity index (χ0v) is 12.4. The molecule has 0 saturated heterocycles. The molecule has 0 aliphatic rings. The predicted molar refractivity (Wildman–Crippen MR) is 76.9 cm³/mol. The number of hydrogen-bond acceptors (Lipinski definition) is 3. The van der Waals surface area contributed by atoms with Gasteiger partial charge in [0.2, 0.25) is 0 Å². The summed E-state index contributed by atoms with van der Waals surface area (Å²) in [6.07, 6.45) is 1.06. The van der Waals surface area contributed by atoms with E-state index in [4.69, 9.17) is 0 Å². The number of rotatable bonds is 7. The largest absolute Gasteiger partial charge is 0.508 e. The van der Waals surface area contributed by atoms with Crippen molar-refractivity contribution in [2.45, 2.75) is 26.3 Å². The average Bonchev–Trinajstić information content (AvgIpc) is 2.33. The molecule has 0 bridgehead atoms. The number of likely N-dealkylation sites (N-methyl/N-ethyl adjacent to an activating group) is 1. The lowest BCUT2D eigenvalue weighted by molar-refractivity contribution is 0.187. The van der Waals surface area contributed by atoms with Gasteiger partial charge in [0.25, 0.3) is 0 Å². The molecular weight excluding hydrogens is 243 g/mol. The topological polar surface area (TPSA) is 26.7 Å². The Bertz CT molecular complexity index is 396. The molecule has 1 unspecified atom stereocenters. The fourth-order valence-electron chi connectivity index (χ4n) is 2.18. The lowest BCUT2D eigenvalue weighted by Gasteiger charge is -2.30. The van der Waals surface area contributed by atoms with Crippen molar-refractivity contribution in [2.24, 2.45) is 0 Å². The Kier molecular flexibility index (Phi) is 6.25. The molecular formula is C15H25FN2O. The van der Waals surface area contributed by atoms with E-state index in [1.54, 1.807) is 6.07 Å². The van der Waals surface area contributed by atoms with Gasteiger partial charge in [-0.05, 0) is 40.1 Å². The van der Waals surface area contributed by atoms with E-state index in [1.807, 2.05) is 14.1 Å². The Morgan fingerprint density at radius 3 is 2.42 bits per heavy atom. The van der Waals surface area contributed by atoms with Crippen molar-refractivity contribution in [1.29, 1.82) is 0 Å². The van der Waals surface area contributed by atoms with Crippen LogP contribution in [0.4, 0.5) is 4.39 Å². The maximum Gasteiger partial charge on any atom is 0.126 e. The minimum atomic E-state index is -0.399. The lowest BCUT2D eigenvalue weighted by atomic mass is 10.1. The molecule has 0 spiro atoms. The van der Waals surface area contributed by atoms with Gasteiger partial charge in [-0.2, -0.15) is 0 Å². The molecule has 1 aromatic rings. The first-order chi connectivity index (χ1) is 8.95. The van der Waals surface area contributed by atoms with Gasteiger partial charge < -0.3 is 10.0 Å².